The molecule has 172 valence electrons. The average Bonchev–Trinajstić information content (AvgIpc) is 3.06. The fourth-order valence-electron chi connectivity index (χ4n) is 8.78. The molecule has 3 N–H and O–H groups in total. The Hall–Kier alpha value is -0.650. The van der Waals surface area contributed by atoms with E-state index in [1.165, 1.54) is 7.11 Å². The van der Waals surface area contributed by atoms with E-state index < -0.39 is 0 Å². The van der Waals surface area contributed by atoms with Crippen LogP contribution >= 0.6 is 0 Å². The summed E-state index contributed by atoms with van der Waals surface area (Å²) in [7, 11) is 1.44. The van der Waals surface area contributed by atoms with E-state index in [0.717, 1.165) is 51.4 Å². The van der Waals surface area contributed by atoms with E-state index in [-0.39, 0.29) is 41.0 Å². The van der Waals surface area contributed by atoms with Gasteiger partial charge in [-0.3, -0.25) is 4.79 Å². The van der Waals surface area contributed by atoms with Crippen molar-refractivity contribution in [3.05, 3.63) is 0 Å². The van der Waals surface area contributed by atoms with Crippen molar-refractivity contribution < 1.29 is 24.9 Å². The molecule has 0 spiro atoms. The Balaban J connectivity index is 1.58. The third kappa shape index (κ3) is 3.34. The molecule has 11 atom stereocenters. The maximum atomic E-state index is 11.7. The number of aliphatic hydroxyl groups excluding tert-OH is 3. The first kappa shape index (κ1) is 22.5. The molecule has 2 unspecified atom stereocenters. The molecule has 4 rings (SSSR count). The van der Waals surface area contributed by atoms with Gasteiger partial charge in [0.1, 0.15) is 0 Å². The summed E-state index contributed by atoms with van der Waals surface area (Å²) in [6, 6.07) is 0. The van der Waals surface area contributed by atoms with Crippen LogP contribution in [0.4, 0.5) is 0 Å². The number of methoxy groups -OCH3 is 1. The van der Waals surface area contributed by atoms with Crippen molar-refractivity contribution in [2.75, 3.05) is 7.11 Å². The van der Waals surface area contributed by atoms with E-state index in [1.807, 2.05) is 0 Å². The highest BCUT2D eigenvalue weighted by Crippen LogP contribution is 2.68. The van der Waals surface area contributed by atoms with Crippen LogP contribution in [0.2, 0.25) is 0 Å². The van der Waals surface area contributed by atoms with E-state index in [0.29, 0.717) is 36.0 Å². The number of fused-ring (bicyclic) bond motifs is 5. The SMILES string of the molecule is COC(=O)CC[C@@H](C)[C@H]1CCC2[C@H]3C(C[C@H](O)[C@@]21C)[C@@]1(C)CC[C@@H](O)C[C@H]1C[C@H]3O. The minimum absolute atomic E-state index is 0.111. The van der Waals surface area contributed by atoms with E-state index in [9.17, 15) is 20.1 Å². The minimum atomic E-state index is -0.369. The molecular formula is C25H42O5. The van der Waals surface area contributed by atoms with Crippen LogP contribution in [0.5, 0.6) is 0 Å². The average molecular weight is 423 g/mol. The van der Waals surface area contributed by atoms with Crippen molar-refractivity contribution in [3.63, 3.8) is 0 Å². The Morgan fingerprint density at radius 3 is 2.50 bits per heavy atom. The molecule has 4 aliphatic rings. The molecule has 0 radical (unpaired) electrons. The molecule has 5 heteroatoms. The van der Waals surface area contributed by atoms with Gasteiger partial charge >= 0.3 is 5.97 Å². The molecule has 0 heterocycles. The third-order valence-electron chi connectivity index (χ3n) is 10.6. The molecule has 5 nitrogen and oxygen atoms in total. The Morgan fingerprint density at radius 1 is 1.07 bits per heavy atom. The number of hydrogen-bond acceptors (Lipinski definition) is 5. The van der Waals surface area contributed by atoms with Crippen LogP contribution < -0.4 is 0 Å². The predicted molar refractivity (Wildman–Crippen MR) is 114 cm³/mol. The lowest BCUT2D eigenvalue weighted by Gasteiger charge is -2.63. The zero-order valence-corrected chi connectivity index (χ0v) is 19.2. The third-order valence-corrected chi connectivity index (χ3v) is 10.6. The molecule has 0 aromatic rings. The van der Waals surface area contributed by atoms with Crippen molar-refractivity contribution in [3.8, 4) is 0 Å². The second-order valence-corrected chi connectivity index (χ2v) is 11.6. The summed E-state index contributed by atoms with van der Waals surface area (Å²) in [5.41, 5.74) is -0.0882. The van der Waals surface area contributed by atoms with Crippen molar-refractivity contribution in [2.45, 2.75) is 96.9 Å². The van der Waals surface area contributed by atoms with Crippen LogP contribution in [0.15, 0.2) is 0 Å². The molecule has 4 fully saturated rings. The van der Waals surface area contributed by atoms with E-state index in [1.54, 1.807) is 0 Å². The number of carbonyl (C=O) groups is 1. The smallest absolute Gasteiger partial charge is 0.305 e. The Labute approximate surface area is 181 Å². The van der Waals surface area contributed by atoms with Gasteiger partial charge in [0.25, 0.3) is 0 Å². The van der Waals surface area contributed by atoms with E-state index in [4.69, 9.17) is 4.74 Å². The molecule has 0 aromatic carbocycles. The quantitative estimate of drug-likeness (QED) is 0.603. The van der Waals surface area contributed by atoms with Gasteiger partial charge < -0.3 is 20.1 Å². The second kappa shape index (κ2) is 8.04. The van der Waals surface area contributed by atoms with Gasteiger partial charge in [-0.25, -0.2) is 0 Å². The Kier molecular flexibility index (Phi) is 6.04. The van der Waals surface area contributed by atoms with Crippen molar-refractivity contribution >= 4 is 5.97 Å². The summed E-state index contributed by atoms with van der Waals surface area (Å²) in [6.07, 6.45) is 6.60. The van der Waals surface area contributed by atoms with Gasteiger partial charge in [0.2, 0.25) is 0 Å². The maximum absolute atomic E-state index is 11.7. The molecule has 0 aromatic heterocycles. The van der Waals surface area contributed by atoms with Crippen molar-refractivity contribution in [1.29, 1.82) is 0 Å². The van der Waals surface area contributed by atoms with Crippen LogP contribution in [-0.2, 0) is 9.53 Å². The van der Waals surface area contributed by atoms with Gasteiger partial charge in [-0.05, 0) is 97.7 Å². The largest absolute Gasteiger partial charge is 0.469 e. The topological polar surface area (TPSA) is 87.0 Å². The lowest BCUT2D eigenvalue weighted by Crippen LogP contribution is -2.62. The highest BCUT2D eigenvalue weighted by atomic mass is 16.5. The summed E-state index contributed by atoms with van der Waals surface area (Å²) < 4.78 is 4.83. The van der Waals surface area contributed by atoms with Crippen LogP contribution in [0, 0.1) is 46.3 Å². The number of rotatable bonds is 4. The van der Waals surface area contributed by atoms with Crippen LogP contribution in [0.1, 0.15) is 78.6 Å². The van der Waals surface area contributed by atoms with Gasteiger partial charge in [0.05, 0.1) is 25.4 Å². The zero-order chi connectivity index (χ0) is 21.8. The zero-order valence-electron chi connectivity index (χ0n) is 19.2. The van der Waals surface area contributed by atoms with E-state index in [2.05, 4.69) is 20.8 Å². The van der Waals surface area contributed by atoms with Gasteiger partial charge in [0.15, 0.2) is 0 Å². The summed E-state index contributed by atoms with van der Waals surface area (Å²) >= 11 is 0. The fourth-order valence-corrected chi connectivity index (χ4v) is 8.78. The first-order valence-corrected chi connectivity index (χ1v) is 12.2. The Morgan fingerprint density at radius 2 is 1.80 bits per heavy atom. The molecular weight excluding hydrogens is 380 g/mol. The molecule has 0 amide bonds. The van der Waals surface area contributed by atoms with Gasteiger partial charge in [-0.15, -0.1) is 0 Å². The number of carbonyl (C=O) groups excluding carboxylic acids is 1. The number of hydrogen-bond donors (Lipinski definition) is 3. The Bertz CT molecular complexity index is 651. The van der Waals surface area contributed by atoms with Gasteiger partial charge in [-0.2, -0.15) is 0 Å². The fraction of sp³-hybridized carbons (Fsp3) is 0.960. The van der Waals surface area contributed by atoms with Gasteiger partial charge in [-0.1, -0.05) is 20.8 Å². The molecule has 0 saturated heterocycles. The van der Waals surface area contributed by atoms with Crippen LogP contribution in [0.3, 0.4) is 0 Å². The highest BCUT2D eigenvalue weighted by molar-refractivity contribution is 5.69. The monoisotopic (exact) mass is 422 g/mol. The van der Waals surface area contributed by atoms with Crippen LogP contribution in [-0.4, -0.2) is 46.7 Å². The number of esters is 1. The van der Waals surface area contributed by atoms with Crippen molar-refractivity contribution in [1.82, 2.24) is 0 Å². The first-order chi connectivity index (χ1) is 14.1. The molecule has 0 aliphatic heterocycles. The van der Waals surface area contributed by atoms with E-state index >= 15 is 0 Å². The first-order valence-electron chi connectivity index (χ1n) is 12.2. The summed E-state index contributed by atoms with van der Waals surface area (Å²) in [5, 5.41) is 33.1. The predicted octanol–water partition coefficient (Wildman–Crippen LogP) is 3.54. The summed E-state index contributed by atoms with van der Waals surface area (Å²) in [5.74, 6) is 1.81. The van der Waals surface area contributed by atoms with Crippen LogP contribution in [0.25, 0.3) is 0 Å². The lowest BCUT2D eigenvalue weighted by molar-refractivity contribution is -0.207. The summed E-state index contributed by atoms with van der Waals surface area (Å²) in [6.45, 7) is 6.85. The molecule has 4 saturated carbocycles. The molecule has 0 bridgehead atoms. The normalized spacial score (nSPS) is 51.4. The minimum Gasteiger partial charge on any atom is -0.469 e. The number of aliphatic hydroxyl groups is 3. The van der Waals surface area contributed by atoms with Gasteiger partial charge in [0, 0.05) is 6.42 Å². The maximum Gasteiger partial charge on any atom is 0.305 e. The van der Waals surface area contributed by atoms with Crippen molar-refractivity contribution in [2.24, 2.45) is 46.3 Å². The highest BCUT2D eigenvalue weighted by Gasteiger charge is 2.65. The second-order valence-electron chi connectivity index (χ2n) is 11.6. The summed E-state index contributed by atoms with van der Waals surface area (Å²) in [4.78, 5) is 11.7. The standard InChI is InChI=1S/C25H42O5/c1-14(5-8-22(29)30-4)17-6-7-18-23-19(13-21(28)25(17,18)3)24(2)10-9-16(26)11-15(24)12-20(23)27/h14-21,23,26-28H,5-13H2,1-4H3/t14-,15+,16-,17-,18?,19?,20-,21+,23+,24+,25-/m1/s1. The molecule has 4 aliphatic carbocycles. The number of ether oxygens (including phenoxy) is 1. The molecule has 30 heavy (non-hydrogen) atoms. The lowest BCUT2D eigenvalue weighted by atomic mass is 9.43.